The van der Waals surface area contributed by atoms with Crippen molar-refractivity contribution >= 4 is 19.7 Å². The van der Waals surface area contributed by atoms with E-state index in [1.54, 1.807) is 0 Å². The van der Waals surface area contributed by atoms with E-state index in [0.29, 0.717) is 23.9 Å². The Labute approximate surface area is 495 Å². The molecule has 464 valence electrons. The second kappa shape index (κ2) is 59.4. The number of carbonyl (C=O) groups is 2. The average molecular weight is 1140 g/mol. The Balaban J connectivity index is 5.14. The number of rotatable bonds is 60. The third kappa shape index (κ3) is 59.8. The number of nitrogens with one attached hydrogen (secondary N) is 1. The summed E-state index contributed by atoms with van der Waals surface area (Å²) in [4.78, 5) is 40.1. The summed E-state index contributed by atoms with van der Waals surface area (Å²) < 4.78 is 30.3. The van der Waals surface area contributed by atoms with Crippen LogP contribution in [0.1, 0.15) is 297 Å². The lowest BCUT2D eigenvalue weighted by molar-refractivity contribution is -0.870. The number of hydrogen-bond donors (Lipinski definition) is 1. The zero-order valence-corrected chi connectivity index (χ0v) is 53.9. The third-order valence-corrected chi connectivity index (χ3v) is 15.7. The molecule has 80 heavy (non-hydrogen) atoms. The van der Waals surface area contributed by atoms with Crippen LogP contribution in [0.4, 0.5) is 0 Å². The van der Waals surface area contributed by atoms with E-state index in [9.17, 15) is 19.0 Å². The number of allylic oxidation sites excluding steroid dienone is 13. The maximum Gasteiger partial charge on any atom is 0.306 e. The Morgan fingerprint density at radius 2 is 0.800 bits per heavy atom. The predicted octanol–water partition coefficient (Wildman–Crippen LogP) is 20.3. The average Bonchev–Trinajstić information content (AvgIpc) is 3.42. The number of unbranched alkanes of at least 4 members (excludes halogenated alkanes) is 37. The lowest BCUT2D eigenvalue weighted by Crippen LogP contribution is -2.47. The van der Waals surface area contributed by atoms with Crippen LogP contribution in [-0.2, 0) is 27.9 Å². The molecule has 0 radical (unpaired) electrons. The molecule has 0 spiro atoms. The van der Waals surface area contributed by atoms with Crippen LogP contribution in [0.25, 0.3) is 0 Å². The molecule has 10 heteroatoms. The molecule has 0 saturated carbocycles. The number of esters is 1. The van der Waals surface area contributed by atoms with Crippen LogP contribution in [0.2, 0.25) is 0 Å². The zero-order chi connectivity index (χ0) is 58.6. The SMILES string of the molecule is CC\C=C/C=C/C=C/C=C\C=C\C=C\CCCCCC(=O)OC(/C=C\CCCCCCCCCCCC)C(COP(=O)([O-])OCC[N+](C)(C)C)NC(=O)CCCCCCCCCCCCCCCCCCCCCCCCCCC. The first kappa shape index (κ1) is 77.2. The normalized spacial score (nSPS) is 14.1. The van der Waals surface area contributed by atoms with E-state index in [4.69, 9.17) is 13.8 Å². The van der Waals surface area contributed by atoms with E-state index in [2.05, 4.69) is 38.2 Å². The summed E-state index contributed by atoms with van der Waals surface area (Å²) in [5, 5.41) is 3.03. The van der Waals surface area contributed by atoms with E-state index in [0.717, 1.165) is 64.2 Å². The van der Waals surface area contributed by atoms with Crippen LogP contribution in [0, 0.1) is 0 Å². The van der Waals surface area contributed by atoms with Gasteiger partial charge in [-0.2, -0.15) is 0 Å². The molecule has 9 nitrogen and oxygen atoms in total. The van der Waals surface area contributed by atoms with Gasteiger partial charge >= 0.3 is 5.97 Å². The van der Waals surface area contributed by atoms with Crippen molar-refractivity contribution in [3.05, 3.63) is 85.1 Å². The van der Waals surface area contributed by atoms with Crippen LogP contribution >= 0.6 is 7.82 Å². The summed E-state index contributed by atoms with van der Waals surface area (Å²) in [6.45, 7) is 6.69. The fourth-order valence-corrected chi connectivity index (χ4v) is 10.3. The monoisotopic (exact) mass is 1140 g/mol. The minimum atomic E-state index is -4.71. The fraction of sp³-hybridized carbons (Fsp3) is 0.771. The van der Waals surface area contributed by atoms with Gasteiger partial charge in [-0.25, -0.2) is 0 Å². The van der Waals surface area contributed by atoms with Gasteiger partial charge in [0, 0.05) is 12.8 Å². The molecule has 3 unspecified atom stereocenters. The number of phosphoric ester groups is 1. The maximum absolute atomic E-state index is 13.6. The minimum Gasteiger partial charge on any atom is -0.756 e. The number of nitrogens with zero attached hydrogens (tertiary/aromatic N) is 1. The summed E-state index contributed by atoms with van der Waals surface area (Å²) in [6.07, 6.45) is 78.5. The van der Waals surface area contributed by atoms with Gasteiger partial charge in [-0.3, -0.25) is 14.2 Å². The highest BCUT2D eigenvalue weighted by atomic mass is 31.2. The van der Waals surface area contributed by atoms with Gasteiger partial charge < -0.3 is 28.5 Å². The van der Waals surface area contributed by atoms with Gasteiger partial charge in [0.25, 0.3) is 7.82 Å². The third-order valence-electron chi connectivity index (χ3n) is 14.8. The van der Waals surface area contributed by atoms with Gasteiger partial charge in [-0.15, -0.1) is 0 Å². The van der Waals surface area contributed by atoms with Crippen molar-refractivity contribution in [2.45, 2.75) is 309 Å². The summed E-state index contributed by atoms with van der Waals surface area (Å²) >= 11 is 0. The Kier molecular flexibility index (Phi) is 57.3. The topological polar surface area (TPSA) is 114 Å². The molecule has 3 atom stereocenters. The molecule has 0 aliphatic heterocycles. The largest absolute Gasteiger partial charge is 0.756 e. The Hall–Kier alpha value is -2.81. The molecule has 0 heterocycles. The standard InChI is InChI=1S/C70H127N2O7P/c1-7-10-13-16-19-22-25-28-30-32-33-34-35-36-37-38-39-41-42-44-47-50-53-56-59-62-69(73)71-67(66-78-80(75,76)77-65-64-72(4,5)6)68(61-58-55-52-49-46-27-24-21-18-15-12-9-3)79-70(74)63-60-57-54-51-48-45-43-40-31-29-26-23-20-17-14-11-8-2/h11,14,17,20,23,26,29,31,40,43,45,48,58,61,67-68H,7-10,12-13,15-16,18-19,21-22,24-25,27-28,30,32-39,41-42,44,46-47,49-57,59-60,62-66H2,1-6H3,(H-,71,73,75,76)/b14-11-,20-17+,26-23+,31-29-,43-40+,48-45+,61-58-. The first-order valence-electron chi connectivity index (χ1n) is 33.5. The first-order chi connectivity index (χ1) is 38.9. The number of hydrogen-bond acceptors (Lipinski definition) is 7. The number of ether oxygens (including phenoxy) is 1. The van der Waals surface area contributed by atoms with Crippen LogP contribution in [0.3, 0.4) is 0 Å². The number of carbonyl (C=O) groups excluding carboxylic acids is 2. The molecular weight excluding hydrogens is 1010 g/mol. The molecule has 0 aliphatic carbocycles. The second-order valence-electron chi connectivity index (χ2n) is 23.8. The lowest BCUT2D eigenvalue weighted by Gasteiger charge is -2.30. The maximum atomic E-state index is 13.6. The fourth-order valence-electron chi connectivity index (χ4n) is 9.61. The molecule has 0 saturated heterocycles. The van der Waals surface area contributed by atoms with Crippen molar-refractivity contribution in [3.8, 4) is 0 Å². The molecule has 1 N–H and O–H groups in total. The smallest absolute Gasteiger partial charge is 0.306 e. The molecule has 0 aliphatic rings. The van der Waals surface area contributed by atoms with Gasteiger partial charge in [0.15, 0.2) is 0 Å². The molecule has 0 aromatic carbocycles. The van der Waals surface area contributed by atoms with E-state index in [1.165, 1.54) is 193 Å². The van der Waals surface area contributed by atoms with Crippen molar-refractivity contribution in [3.63, 3.8) is 0 Å². The van der Waals surface area contributed by atoms with Crippen LogP contribution < -0.4 is 10.2 Å². The molecule has 0 rings (SSSR count). The Bertz CT molecular complexity index is 1640. The molecular formula is C70H127N2O7P. The van der Waals surface area contributed by atoms with Crippen molar-refractivity contribution in [1.29, 1.82) is 0 Å². The van der Waals surface area contributed by atoms with Crippen LogP contribution in [0.15, 0.2) is 85.1 Å². The number of likely N-dealkylation sites (N-methyl/N-ethyl adjacent to an activating group) is 1. The first-order valence-corrected chi connectivity index (χ1v) is 34.9. The second-order valence-corrected chi connectivity index (χ2v) is 25.2. The van der Waals surface area contributed by atoms with E-state index < -0.39 is 26.6 Å². The summed E-state index contributed by atoms with van der Waals surface area (Å²) in [5.41, 5.74) is 0. The van der Waals surface area contributed by atoms with Crippen LogP contribution in [0.5, 0.6) is 0 Å². The Morgan fingerprint density at radius 1 is 0.450 bits per heavy atom. The molecule has 0 aromatic rings. The zero-order valence-electron chi connectivity index (χ0n) is 53.0. The van der Waals surface area contributed by atoms with Gasteiger partial charge in [0.1, 0.15) is 19.3 Å². The van der Waals surface area contributed by atoms with E-state index in [1.807, 2.05) is 94.1 Å². The minimum absolute atomic E-state index is 0.0320. The summed E-state index contributed by atoms with van der Waals surface area (Å²) in [6, 6.07) is -0.909. The lowest BCUT2D eigenvalue weighted by atomic mass is 10.0. The van der Waals surface area contributed by atoms with E-state index >= 15 is 0 Å². The van der Waals surface area contributed by atoms with Crippen molar-refractivity contribution < 1.29 is 37.3 Å². The van der Waals surface area contributed by atoms with Gasteiger partial charge in [0.05, 0.1) is 33.8 Å². The molecule has 1 amide bonds. The number of amides is 1. The molecule has 0 bridgehead atoms. The van der Waals surface area contributed by atoms with Gasteiger partial charge in [0.2, 0.25) is 5.91 Å². The molecule has 0 fully saturated rings. The van der Waals surface area contributed by atoms with Crippen molar-refractivity contribution in [2.24, 2.45) is 0 Å². The number of quaternary nitrogens is 1. The van der Waals surface area contributed by atoms with Crippen molar-refractivity contribution in [1.82, 2.24) is 5.32 Å². The highest BCUT2D eigenvalue weighted by Crippen LogP contribution is 2.38. The molecule has 0 aromatic heterocycles. The summed E-state index contributed by atoms with van der Waals surface area (Å²) in [5.74, 6) is -0.586. The van der Waals surface area contributed by atoms with E-state index in [-0.39, 0.29) is 24.9 Å². The van der Waals surface area contributed by atoms with Crippen molar-refractivity contribution in [2.75, 3.05) is 40.9 Å². The number of phosphoric acid groups is 1. The highest BCUT2D eigenvalue weighted by molar-refractivity contribution is 7.45. The van der Waals surface area contributed by atoms with Gasteiger partial charge in [-0.1, -0.05) is 318 Å². The summed E-state index contributed by atoms with van der Waals surface area (Å²) in [7, 11) is 1.16. The predicted molar refractivity (Wildman–Crippen MR) is 344 cm³/mol. The van der Waals surface area contributed by atoms with Gasteiger partial charge in [-0.05, 0) is 51.0 Å². The Morgan fingerprint density at radius 3 is 1.21 bits per heavy atom. The van der Waals surface area contributed by atoms with Crippen LogP contribution in [-0.4, -0.2) is 69.4 Å². The highest BCUT2D eigenvalue weighted by Gasteiger charge is 2.27. The quantitative estimate of drug-likeness (QED) is 0.0161.